The molecule has 0 fully saturated rings. The van der Waals surface area contributed by atoms with Crippen LogP contribution < -0.4 is 5.32 Å². The van der Waals surface area contributed by atoms with Crippen molar-refractivity contribution in [1.82, 2.24) is 5.32 Å². The van der Waals surface area contributed by atoms with Crippen LogP contribution in [-0.4, -0.2) is 23.0 Å². The standard InChI is InChI=1S/C12H17NO3S/c1-3-8(2)11(12(15)16)13-10(14)7-9-5-4-6-17-9/h4-6,8,11H,3,7H2,1-2H3,(H,13,14)(H,15,16)/t8-,11-/m0/s1. The van der Waals surface area contributed by atoms with E-state index in [4.69, 9.17) is 5.11 Å². The van der Waals surface area contributed by atoms with Gasteiger partial charge in [-0.2, -0.15) is 0 Å². The first-order valence-corrected chi connectivity index (χ1v) is 6.47. The molecule has 0 spiro atoms. The lowest BCUT2D eigenvalue weighted by Crippen LogP contribution is -2.45. The van der Waals surface area contributed by atoms with Gasteiger partial charge in [0.1, 0.15) is 6.04 Å². The smallest absolute Gasteiger partial charge is 0.326 e. The third kappa shape index (κ3) is 4.19. The zero-order chi connectivity index (χ0) is 12.8. The van der Waals surface area contributed by atoms with E-state index in [9.17, 15) is 9.59 Å². The van der Waals surface area contributed by atoms with Gasteiger partial charge in [-0.05, 0) is 17.4 Å². The number of amides is 1. The van der Waals surface area contributed by atoms with Crippen LogP contribution in [0.1, 0.15) is 25.1 Å². The molecule has 0 bridgehead atoms. The third-order valence-electron chi connectivity index (χ3n) is 2.71. The van der Waals surface area contributed by atoms with E-state index < -0.39 is 12.0 Å². The van der Waals surface area contributed by atoms with Crippen molar-refractivity contribution in [3.63, 3.8) is 0 Å². The van der Waals surface area contributed by atoms with Crippen LogP contribution in [0.4, 0.5) is 0 Å². The average molecular weight is 255 g/mol. The molecular weight excluding hydrogens is 238 g/mol. The summed E-state index contributed by atoms with van der Waals surface area (Å²) < 4.78 is 0. The predicted octanol–water partition coefficient (Wildman–Crippen LogP) is 1.91. The van der Waals surface area contributed by atoms with Crippen molar-refractivity contribution in [2.75, 3.05) is 0 Å². The lowest BCUT2D eigenvalue weighted by atomic mass is 9.99. The minimum atomic E-state index is -0.973. The summed E-state index contributed by atoms with van der Waals surface area (Å²) in [6.07, 6.45) is 0.966. The molecule has 0 unspecified atom stereocenters. The Morgan fingerprint density at radius 2 is 2.24 bits per heavy atom. The molecule has 94 valence electrons. The maximum absolute atomic E-state index is 11.7. The van der Waals surface area contributed by atoms with Crippen LogP contribution in [0.5, 0.6) is 0 Å². The molecule has 0 saturated carbocycles. The molecule has 1 amide bonds. The Kier molecular flexibility index (Phi) is 5.15. The van der Waals surface area contributed by atoms with Crippen molar-refractivity contribution < 1.29 is 14.7 Å². The number of hydrogen-bond acceptors (Lipinski definition) is 3. The topological polar surface area (TPSA) is 66.4 Å². The number of carbonyl (C=O) groups is 2. The van der Waals surface area contributed by atoms with Crippen LogP contribution in [0.25, 0.3) is 0 Å². The molecule has 2 N–H and O–H groups in total. The summed E-state index contributed by atoms with van der Waals surface area (Å²) in [5.74, 6) is -1.28. The number of thiophene rings is 1. The van der Waals surface area contributed by atoms with E-state index in [1.807, 2.05) is 31.4 Å². The van der Waals surface area contributed by atoms with Gasteiger partial charge in [0.05, 0.1) is 6.42 Å². The molecule has 17 heavy (non-hydrogen) atoms. The molecule has 4 nitrogen and oxygen atoms in total. The second-order valence-corrected chi connectivity index (χ2v) is 5.06. The Labute approximate surface area is 105 Å². The van der Waals surface area contributed by atoms with E-state index in [1.165, 1.54) is 11.3 Å². The number of carboxylic acids is 1. The summed E-state index contributed by atoms with van der Waals surface area (Å²) in [7, 11) is 0. The average Bonchev–Trinajstić information content (AvgIpc) is 2.77. The number of carbonyl (C=O) groups excluding carboxylic acids is 1. The molecule has 1 aromatic rings. The van der Waals surface area contributed by atoms with E-state index in [1.54, 1.807) is 0 Å². The lowest BCUT2D eigenvalue weighted by Gasteiger charge is -2.19. The number of nitrogens with one attached hydrogen (secondary N) is 1. The fourth-order valence-corrected chi connectivity index (χ4v) is 2.18. The molecule has 1 aromatic heterocycles. The second-order valence-electron chi connectivity index (χ2n) is 4.03. The van der Waals surface area contributed by atoms with Gasteiger partial charge in [-0.1, -0.05) is 26.3 Å². The summed E-state index contributed by atoms with van der Waals surface area (Å²) in [5.41, 5.74) is 0. The van der Waals surface area contributed by atoms with Crippen LogP contribution >= 0.6 is 11.3 Å². The van der Waals surface area contributed by atoms with Gasteiger partial charge in [0.2, 0.25) is 5.91 Å². The van der Waals surface area contributed by atoms with Crippen molar-refractivity contribution >= 4 is 23.2 Å². The predicted molar refractivity (Wildman–Crippen MR) is 67.0 cm³/mol. The van der Waals surface area contributed by atoms with Gasteiger partial charge in [-0.3, -0.25) is 4.79 Å². The Bertz CT molecular complexity index is 375. The van der Waals surface area contributed by atoms with Crippen LogP contribution in [0.3, 0.4) is 0 Å². The van der Waals surface area contributed by atoms with Crippen molar-refractivity contribution in [3.8, 4) is 0 Å². The van der Waals surface area contributed by atoms with Crippen LogP contribution in [0.2, 0.25) is 0 Å². The van der Waals surface area contributed by atoms with Crippen LogP contribution in [0, 0.1) is 5.92 Å². The molecule has 0 aliphatic heterocycles. The highest BCUT2D eigenvalue weighted by Crippen LogP contribution is 2.11. The van der Waals surface area contributed by atoms with E-state index in [0.717, 1.165) is 11.3 Å². The SMILES string of the molecule is CC[C@H](C)[C@H](NC(=O)Cc1cccs1)C(=O)O. The largest absolute Gasteiger partial charge is 0.480 e. The van der Waals surface area contributed by atoms with Gasteiger partial charge in [-0.25, -0.2) is 4.79 Å². The third-order valence-corrected chi connectivity index (χ3v) is 3.59. The zero-order valence-corrected chi connectivity index (χ0v) is 10.8. The summed E-state index contributed by atoms with van der Waals surface area (Å²) in [4.78, 5) is 23.6. The molecule has 1 rings (SSSR count). The molecule has 0 aliphatic rings. The maximum Gasteiger partial charge on any atom is 0.326 e. The van der Waals surface area contributed by atoms with Gasteiger partial charge in [0, 0.05) is 4.88 Å². The molecule has 1 heterocycles. The van der Waals surface area contributed by atoms with Gasteiger partial charge < -0.3 is 10.4 Å². The monoisotopic (exact) mass is 255 g/mol. The van der Waals surface area contributed by atoms with Gasteiger partial charge in [0.15, 0.2) is 0 Å². The second kappa shape index (κ2) is 6.39. The Hall–Kier alpha value is -1.36. The molecular formula is C12H17NO3S. The van der Waals surface area contributed by atoms with Crippen LogP contribution in [-0.2, 0) is 16.0 Å². The summed E-state index contributed by atoms with van der Waals surface area (Å²) in [6, 6.07) is 2.94. The summed E-state index contributed by atoms with van der Waals surface area (Å²) in [5, 5.41) is 13.5. The van der Waals surface area contributed by atoms with Gasteiger partial charge >= 0.3 is 5.97 Å². The quantitative estimate of drug-likeness (QED) is 0.816. The minimum absolute atomic E-state index is 0.0696. The number of carboxylic acid groups (broad SMARTS) is 1. The Morgan fingerprint density at radius 3 is 2.71 bits per heavy atom. The summed E-state index contributed by atoms with van der Waals surface area (Å²) >= 11 is 1.49. The highest BCUT2D eigenvalue weighted by atomic mass is 32.1. The number of aliphatic carboxylic acids is 1. The number of hydrogen-bond donors (Lipinski definition) is 2. The van der Waals surface area contributed by atoms with E-state index >= 15 is 0 Å². The molecule has 2 atom stereocenters. The lowest BCUT2D eigenvalue weighted by molar-refractivity contribution is -0.143. The maximum atomic E-state index is 11.7. The number of rotatable bonds is 6. The normalized spacial score (nSPS) is 14.0. The van der Waals surface area contributed by atoms with Crippen molar-refractivity contribution in [3.05, 3.63) is 22.4 Å². The minimum Gasteiger partial charge on any atom is -0.480 e. The first-order chi connectivity index (χ1) is 8.04. The van der Waals surface area contributed by atoms with Gasteiger partial charge in [-0.15, -0.1) is 11.3 Å². The van der Waals surface area contributed by atoms with Gasteiger partial charge in [0.25, 0.3) is 0 Å². The fourth-order valence-electron chi connectivity index (χ4n) is 1.48. The first kappa shape index (κ1) is 13.7. The summed E-state index contributed by atoms with van der Waals surface area (Å²) in [6.45, 7) is 3.73. The van der Waals surface area contributed by atoms with Crippen molar-refractivity contribution in [2.24, 2.45) is 5.92 Å². The highest BCUT2D eigenvalue weighted by Gasteiger charge is 2.25. The fraction of sp³-hybridized carbons (Fsp3) is 0.500. The molecule has 0 aromatic carbocycles. The van der Waals surface area contributed by atoms with Crippen molar-refractivity contribution in [1.29, 1.82) is 0 Å². The van der Waals surface area contributed by atoms with Crippen LogP contribution in [0.15, 0.2) is 17.5 Å². The molecule has 0 radical (unpaired) electrons. The first-order valence-electron chi connectivity index (χ1n) is 5.59. The van der Waals surface area contributed by atoms with E-state index in [0.29, 0.717) is 0 Å². The highest BCUT2D eigenvalue weighted by molar-refractivity contribution is 7.10. The molecule has 0 saturated heterocycles. The van der Waals surface area contributed by atoms with E-state index in [2.05, 4.69) is 5.32 Å². The van der Waals surface area contributed by atoms with Crippen molar-refractivity contribution in [2.45, 2.75) is 32.7 Å². The Balaban J connectivity index is 2.55. The zero-order valence-electron chi connectivity index (χ0n) is 9.97. The molecule has 0 aliphatic carbocycles. The molecule has 5 heteroatoms. The Morgan fingerprint density at radius 1 is 1.53 bits per heavy atom. The van der Waals surface area contributed by atoms with E-state index in [-0.39, 0.29) is 18.2 Å².